The van der Waals surface area contributed by atoms with Crippen molar-refractivity contribution in [3.63, 3.8) is 0 Å². The lowest BCUT2D eigenvalue weighted by Crippen LogP contribution is -2.50. The predicted molar refractivity (Wildman–Crippen MR) is 81.8 cm³/mol. The van der Waals surface area contributed by atoms with Crippen LogP contribution in [0.15, 0.2) is 16.9 Å². The van der Waals surface area contributed by atoms with Crippen molar-refractivity contribution in [1.29, 1.82) is 0 Å². The SMILES string of the molecule is CC1CN(C(=O)C(C)n2nc(C3CC3)ccc2=O)CC(C)O1. The zero-order valence-corrected chi connectivity index (χ0v) is 13.4. The Bertz CT molecular complexity index is 613. The molecule has 2 aliphatic rings. The molecule has 3 rings (SSSR count). The van der Waals surface area contributed by atoms with Gasteiger partial charge in [-0.15, -0.1) is 0 Å². The van der Waals surface area contributed by atoms with E-state index in [1.807, 2.05) is 13.8 Å². The molecule has 6 nitrogen and oxygen atoms in total. The fraction of sp³-hybridized carbons (Fsp3) is 0.688. The van der Waals surface area contributed by atoms with Crippen LogP contribution < -0.4 is 5.56 Å². The van der Waals surface area contributed by atoms with E-state index in [9.17, 15) is 9.59 Å². The van der Waals surface area contributed by atoms with Crippen LogP contribution in [0.5, 0.6) is 0 Å². The molecule has 3 atom stereocenters. The summed E-state index contributed by atoms with van der Waals surface area (Å²) in [6.45, 7) is 6.78. The maximum atomic E-state index is 12.7. The number of hydrogen-bond donors (Lipinski definition) is 0. The molecule has 0 radical (unpaired) electrons. The molecule has 1 aromatic rings. The molecule has 1 saturated heterocycles. The standard InChI is InChI=1S/C16H23N3O3/c1-10-8-18(9-11(2)22-10)16(21)12(3)19-15(20)7-6-14(17-19)13-4-5-13/h6-7,10-13H,4-5,8-9H2,1-3H3. The Balaban J connectivity index is 1.80. The van der Waals surface area contributed by atoms with Crippen LogP contribution in [0.2, 0.25) is 0 Å². The lowest BCUT2D eigenvalue weighted by Gasteiger charge is -2.36. The molecule has 0 spiro atoms. The van der Waals surface area contributed by atoms with Crippen molar-refractivity contribution in [1.82, 2.24) is 14.7 Å². The second-order valence-electron chi connectivity index (χ2n) is 6.49. The van der Waals surface area contributed by atoms with Gasteiger partial charge in [0.05, 0.1) is 17.9 Å². The summed E-state index contributed by atoms with van der Waals surface area (Å²) in [5.74, 6) is 0.391. The molecule has 1 amide bonds. The number of rotatable bonds is 3. The number of nitrogens with zero attached hydrogens (tertiary/aromatic N) is 3. The van der Waals surface area contributed by atoms with Gasteiger partial charge in [-0.3, -0.25) is 9.59 Å². The first kappa shape index (κ1) is 15.2. The molecule has 3 unspecified atom stereocenters. The molecule has 22 heavy (non-hydrogen) atoms. The lowest BCUT2D eigenvalue weighted by atomic mass is 10.2. The Hall–Kier alpha value is -1.69. The van der Waals surface area contributed by atoms with Gasteiger partial charge in [-0.25, -0.2) is 4.68 Å². The highest BCUT2D eigenvalue weighted by Gasteiger charge is 2.31. The van der Waals surface area contributed by atoms with Gasteiger partial charge in [0.1, 0.15) is 6.04 Å². The van der Waals surface area contributed by atoms with Gasteiger partial charge < -0.3 is 9.64 Å². The Morgan fingerprint density at radius 2 is 1.91 bits per heavy atom. The minimum absolute atomic E-state index is 0.0161. The largest absolute Gasteiger partial charge is 0.372 e. The molecule has 0 aromatic carbocycles. The van der Waals surface area contributed by atoms with Crippen LogP contribution in [0.1, 0.15) is 51.3 Å². The summed E-state index contributed by atoms with van der Waals surface area (Å²) in [5, 5.41) is 4.41. The third-order valence-corrected chi connectivity index (χ3v) is 4.30. The molecular weight excluding hydrogens is 282 g/mol. The first-order chi connectivity index (χ1) is 10.5. The van der Waals surface area contributed by atoms with Crippen LogP contribution in [-0.2, 0) is 9.53 Å². The zero-order chi connectivity index (χ0) is 15.9. The van der Waals surface area contributed by atoms with Crippen molar-refractivity contribution in [2.45, 2.75) is 57.8 Å². The molecule has 0 bridgehead atoms. The monoisotopic (exact) mass is 305 g/mol. The van der Waals surface area contributed by atoms with Gasteiger partial charge in [-0.2, -0.15) is 5.10 Å². The summed E-state index contributed by atoms with van der Waals surface area (Å²) in [6, 6.07) is 2.73. The summed E-state index contributed by atoms with van der Waals surface area (Å²) in [6.07, 6.45) is 2.27. The first-order valence-electron chi connectivity index (χ1n) is 7.99. The predicted octanol–water partition coefficient (Wildman–Crippen LogP) is 1.32. The van der Waals surface area contributed by atoms with Crippen molar-refractivity contribution in [2.75, 3.05) is 13.1 Å². The van der Waals surface area contributed by atoms with E-state index in [0.29, 0.717) is 19.0 Å². The maximum Gasteiger partial charge on any atom is 0.267 e. The Morgan fingerprint density at radius 1 is 1.27 bits per heavy atom. The van der Waals surface area contributed by atoms with Crippen molar-refractivity contribution < 1.29 is 9.53 Å². The van der Waals surface area contributed by atoms with Crippen molar-refractivity contribution in [3.05, 3.63) is 28.2 Å². The normalized spacial score (nSPS) is 26.8. The first-order valence-corrected chi connectivity index (χ1v) is 7.99. The van der Waals surface area contributed by atoms with Crippen molar-refractivity contribution in [3.8, 4) is 0 Å². The fourth-order valence-corrected chi connectivity index (χ4v) is 3.04. The van der Waals surface area contributed by atoms with Gasteiger partial charge >= 0.3 is 0 Å². The summed E-state index contributed by atoms with van der Waals surface area (Å²) in [4.78, 5) is 26.6. The molecular formula is C16H23N3O3. The van der Waals surface area contributed by atoms with E-state index in [2.05, 4.69) is 5.10 Å². The van der Waals surface area contributed by atoms with E-state index >= 15 is 0 Å². The van der Waals surface area contributed by atoms with E-state index in [4.69, 9.17) is 4.74 Å². The molecule has 120 valence electrons. The third-order valence-electron chi connectivity index (χ3n) is 4.30. The second-order valence-corrected chi connectivity index (χ2v) is 6.49. The van der Waals surface area contributed by atoms with Gasteiger partial charge in [0.15, 0.2) is 0 Å². The number of ether oxygens (including phenoxy) is 1. The van der Waals surface area contributed by atoms with Gasteiger partial charge in [-0.1, -0.05) is 0 Å². The summed E-state index contributed by atoms with van der Waals surface area (Å²) in [5.41, 5.74) is 0.697. The van der Waals surface area contributed by atoms with E-state index in [1.165, 1.54) is 10.7 Å². The third kappa shape index (κ3) is 3.06. The smallest absolute Gasteiger partial charge is 0.267 e. The average molecular weight is 305 g/mol. The van der Waals surface area contributed by atoms with E-state index in [1.54, 1.807) is 17.9 Å². The van der Waals surface area contributed by atoms with Crippen LogP contribution in [0, 0.1) is 0 Å². The summed E-state index contributed by atoms with van der Waals surface area (Å²) >= 11 is 0. The van der Waals surface area contributed by atoms with E-state index in [0.717, 1.165) is 18.5 Å². The summed E-state index contributed by atoms with van der Waals surface area (Å²) in [7, 11) is 0. The van der Waals surface area contributed by atoms with Crippen LogP contribution in [0.3, 0.4) is 0 Å². The average Bonchev–Trinajstić information content (AvgIpc) is 3.30. The highest BCUT2D eigenvalue weighted by atomic mass is 16.5. The quantitative estimate of drug-likeness (QED) is 0.845. The fourth-order valence-electron chi connectivity index (χ4n) is 3.04. The number of carbonyl (C=O) groups is 1. The Kier molecular flexibility index (Phi) is 4.04. The zero-order valence-electron chi connectivity index (χ0n) is 13.4. The van der Waals surface area contributed by atoms with Crippen LogP contribution in [0.4, 0.5) is 0 Å². The number of carbonyl (C=O) groups excluding carboxylic acids is 1. The molecule has 2 fully saturated rings. The van der Waals surface area contributed by atoms with E-state index in [-0.39, 0.29) is 23.7 Å². The molecule has 1 aliphatic carbocycles. The Morgan fingerprint density at radius 3 is 2.50 bits per heavy atom. The lowest BCUT2D eigenvalue weighted by molar-refractivity contribution is -0.146. The molecule has 0 N–H and O–H groups in total. The summed E-state index contributed by atoms with van der Waals surface area (Å²) < 4.78 is 6.99. The minimum atomic E-state index is -0.580. The van der Waals surface area contributed by atoms with E-state index < -0.39 is 6.04 Å². The molecule has 6 heteroatoms. The van der Waals surface area contributed by atoms with Crippen molar-refractivity contribution in [2.24, 2.45) is 0 Å². The van der Waals surface area contributed by atoms with Crippen molar-refractivity contribution >= 4 is 5.91 Å². The highest BCUT2D eigenvalue weighted by molar-refractivity contribution is 5.80. The van der Waals surface area contributed by atoms with Gasteiger partial charge in [0.25, 0.3) is 5.56 Å². The number of aromatic nitrogens is 2. The van der Waals surface area contributed by atoms with Gasteiger partial charge in [0, 0.05) is 25.1 Å². The van der Waals surface area contributed by atoms with Crippen LogP contribution in [-0.4, -0.2) is 45.9 Å². The molecule has 1 aliphatic heterocycles. The molecule has 2 heterocycles. The van der Waals surface area contributed by atoms with Crippen LogP contribution in [0.25, 0.3) is 0 Å². The molecule has 1 saturated carbocycles. The Labute approximate surface area is 130 Å². The second kappa shape index (κ2) is 5.83. The highest BCUT2D eigenvalue weighted by Crippen LogP contribution is 2.38. The van der Waals surface area contributed by atoms with Gasteiger partial charge in [0.2, 0.25) is 5.91 Å². The molecule has 1 aromatic heterocycles. The topological polar surface area (TPSA) is 64.4 Å². The maximum absolute atomic E-state index is 12.7. The number of hydrogen-bond acceptors (Lipinski definition) is 4. The minimum Gasteiger partial charge on any atom is -0.372 e. The number of morpholine rings is 1. The van der Waals surface area contributed by atoms with Gasteiger partial charge in [-0.05, 0) is 39.7 Å². The number of amides is 1. The van der Waals surface area contributed by atoms with Crippen LogP contribution >= 0.6 is 0 Å².